The number of aryl methyl sites for hydroxylation is 3. The monoisotopic (exact) mass is 723 g/mol. The van der Waals surface area contributed by atoms with E-state index < -0.39 is 13.6 Å². The molecule has 0 unspecified atom stereocenters. The zero-order chi connectivity index (χ0) is 36.4. The highest BCUT2D eigenvalue weighted by atomic mass is 35.5. The molecule has 4 nitrogen and oxygen atoms in total. The summed E-state index contributed by atoms with van der Waals surface area (Å²) in [6, 6.07) is 44.2. The van der Waals surface area contributed by atoms with Crippen molar-refractivity contribution in [2.75, 3.05) is 7.11 Å². The molecule has 0 radical (unpaired) electrons. The zero-order valence-corrected chi connectivity index (χ0v) is 33.7. The van der Waals surface area contributed by atoms with Gasteiger partial charge in [0.05, 0.1) is 7.11 Å². The lowest BCUT2D eigenvalue weighted by Gasteiger charge is -2.28. The molecular weight excluding hydrogens is 672 g/mol. The van der Waals surface area contributed by atoms with Crippen molar-refractivity contribution in [2.24, 2.45) is 21.1 Å². The predicted octanol–water partition coefficient (Wildman–Crippen LogP) is 11.1. The van der Waals surface area contributed by atoms with Gasteiger partial charge in [-0.15, -0.1) is 0 Å². The van der Waals surface area contributed by atoms with Gasteiger partial charge in [0.25, 0.3) is 0 Å². The van der Waals surface area contributed by atoms with Crippen LogP contribution in [-0.4, -0.2) is 34.4 Å². The number of fused-ring (bicyclic) bond motifs is 3. The molecule has 0 aliphatic heterocycles. The summed E-state index contributed by atoms with van der Waals surface area (Å²) < 4.78 is 11.9. The van der Waals surface area contributed by atoms with Crippen LogP contribution in [0, 0.1) is 0 Å². The Balaban J connectivity index is 0.000000166. The molecule has 3 heterocycles. The second-order valence-corrected chi connectivity index (χ2v) is 18.6. The zero-order valence-electron chi connectivity index (χ0n) is 31.2. The summed E-state index contributed by atoms with van der Waals surface area (Å²) in [5.41, 5.74) is 6.69. The highest BCUT2D eigenvalue weighted by molar-refractivity contribution is 7.39. The first kappa shape index (κ1) is 39.0. The first-order chi connectivity index (χ1) is 24.2. The molecule has 8 heteroatoms. The van der Waals surface area contributed by atoms with E-state index in [0.717, 1.165) is 16.9 Å². The number of benzene rings is 4. The number of hydrogen-bond donors (Lipinski definition) is 0. The van der Waals surface area contributed by atoms with Crippen LogP contribution < -0.4 is 15.6 Å². The summed E-state index contributed by atoms with van der Waals surface area (Å²) in [5.74, 6) is 0.887. The molecule has 0 atom stereocenters. The molecule has 0 N–H and O–H groups in total. The Bertz CT molecular complexity index is 2100. The van der Waals surface area contributed by atoms with Crippen molar-refractivity contribution in [3.8, 4) is 17.0 Å². The third kappa shape index (κ3) is 8.20. The second-order valence-electron chi connectivity index (χ2n) is 12.4. The predicted molar refractivity (Wildman–Crippen MR) is 226 cm³/mol. The van der Waals surface area contributed by atoms with Gasteiger partial charge in [-0.2, -0.15) is 22.9 Å². The molecule has 0 saturated carbocycles. The molecule has 50 heavy (non-hydrogen) atoms. The molecule has 7 rings (SSSR count). The number of methoxy groups -OCH3 is 1. The molecule has 0 aliphatic carbocycles. The number of hydrogen-bond acceptors (Lipinski definition) is 1. The number of ether oxygens (including phenoxy) is 1. The minimum atomic E-state index is -1.26. The Morgan fingerprint density at radius 3 is 1.44 bits per heavy atom. The van der Waals surface area contributed by atoms with Gasteiger partial charge in [-0.05, 0) is 77.0 Å². The third-order valence-electron chi connectivity index (χ3n) is 10.1. The van der Waals surface area contributed by atoms with E-state index in [-0.39, 0.29) is 0 Å². The summed E-state index contributed by atoms with van der Waals surface area (Å²) in [7, 11) is 6.73. The first-order valence-corrected chi connectivity index (χ1v) is 21.2. The van der Waals surface area contributed by atoms with E-state index >= 15 is 0 Å². The minimum Gasteiger partial charge on any atom is -0.497 e. The topological polar surface area (TPSA) is 24.0 Å². The summed E-state index contributed by atoms with van der Waals surface area (Å²) >= 11 is 11.6. The van der Waals surface area contributed by atoms with E-state index in [2.05, 4.69) is 129 Å². The smallest absolute Gasteiger partial charge is 0.398 e. The number of rotatable bonds is 7. The molecule has 7 aromatic rings. The SMILES string of the molecule is CC.CC[Si](CC)(CC)c1cc2ccccc2n1C.COc1ccc(-c2cc3ccccc3n2C)cc1.Cn1c(B(Cl)Cl)cc2ccccc21. The molecule has 0 saturated heterocycles. The average Bonchev–Trinajstić information content (AvgIpc) is 3.81. The number of para-hydroxylation sites is 3. The fourth-order valence-electron chi connectivity index (χ4n) is 6.94. The van der Waals surface area contributed by atoms with Crippen molar-refractivity contribution >= 4 is 80.2 Å². The van der Waals surface area contributed by atoms with Crippen LogP contribution in [0.25, 0.3) is 44.0 Å². The maximum absolute atomic E-state index is 5.82. The fourth-order valence-corrected chi connectivity index (χ4v) is 11.2. The van der Waals surface area contributed by atoms with Gasteiger partial charge in [-0.25, -0.2) is 0 Å². The van der Waals surface area contributed by atoms with E-state index in [1.807, 2.05) is 55.8 Å². The lowest BCUT2D eigenvalue weighted by atomic mass is 10.0. The Morgan fingerprint density at radius 1 is 0.580 bits per heavy atom. The van der Waals surface area contributed by atoms with E-state index in [0.29, 0.717) is 0 Å². The van der Waals surface area contributed by atoms with Crippen LogP contribution in [0.15, 0.2) is 115 Å². The maximum atomic E-state index is 5.82. The van der Waals surface area contributed by atoms with Gasteiger partial charge in [-0.1, -0.05) is 107 Å². The van der Waals surface area contributed by atoms with Crippen LogP contribution in [0.3, 0.4) is 0 Å². The van der Waals surface area contributed by atoms with Crippen LogP contribution >= 0.6 is 22.9 Å². The van der Waals surface area contributed by atoms with Crippen molar-refractivity contribution in [3.63, 3.8) is 0 Å². The molecule has 0 spiro atoms. The largest absolute Gasteiger partial charge is 0.497 e. The Hall–Kier alpha value is -3.84. The first-order valence-electron chi connectivity index (χ1n) is 17.7. The van der Waals surface area contributed by atoms with Crippen LogP contribution in [0.5, 0.6) is 5.75 Å². The lowest BCUT2D eigenvalue weighted by Crippen LogP contribution is -2.48. The molecule has 0 amide bonds. The molecule has 0 aliphatic rings. The maximum Gasteiger partial charge on any atom is 0.398 e. The minimum absolute atomic E-state index is 0.461. The van der Waals surface area contributed by atoms with Crippen LogP contribution in [0.1, 0.15) is 34.6 Å². The summed E-state index contributed by atoms with van der Waals surface area (Å²) in [6.45, 7) is 11.1. The van der Waals surface area contributed by atoms with Crippen molar-refractivity contribution in [1.29, 1.82) is 0 Å². The van der Waals surface area contributed by atoms with Crippen molar-refractivity contribution in [2.45, 2.75) is 52.8 Å². The molecule has 0 bridgehead atoms. The van der Waals surface area contributed by atoms with E-state index in [4.69, 9.17) is 27.7 Å². The molecule has 262 valence electrons. The summed E-state index contributed by atoms with van der Waals surface area (Å²) in [4.78, 5) is 0. The van der Waals surface area contributed by atoms with Gasteiger partial charge in [0, 0.05) is 59.7 Å². The van der Waals surface area contributed by atoms with Crippen LogP contribution in [0.4, 0.5) is 0 Å². The van der Waals surface area contributed by atoms with E-state index in [1.54, 1.807) is 12.4 Å². The van der Waals surface area contributed by atoms with Gasteiger partial charge in [-0.3, -0.25) is 0 Å². The second kappa shape index (κ2) is 17.9. The Labute approximate surface area is 310 Å². The van der Waals surface area contributed by atoms with Crippen LogP contribution in [0.2, 0.25) is 18.1 Å². The number of nitrogens with zero attached hydrogens (tertiary/aromatic N) is 3. The molecular formula is C42H52BCl2N3OSi. The number of aromatic nitrogens is 3. The molecule has 0 fully saturated rings. The normalized spacial score (nSPS) is 10.9. The van der Waals surface area contributed by atoms with Crippen molar-refractivity contribution in [1.82, 2.24) is 13.7 Å². The molecule has 4 aromatic carbocycles. The van der Waals surface area contributed by atoms with Gasteiger partial charge >= 0.3 is 5.54 Å². The van der Waals surface area contributed by atoms with Gasteiger partial charge in [0.2, 0.25) is 0 Å². The Morgan fingerprint density at radius 2 is 1.02 bits per heavy atom. The van der Waals surface area contributed by atoms with Gasteiger partial charge in [0.15, 0.2) is 0 Å². The van der Waals surface area contributed by atoms with Crippen molar-refractivity contribution < 1.29 is 4.74 Å². The van der Waals surface area contributed by atoms with Gasteiger partial charge in [0.1, 0.15) is 13.8 Å². The lowest BCUT2D eigenvalue weighted by molar-refractivity contribution is 0.415. The fraction of sp³-hybridized carbons (Fsp3) is 0.286. The summed E-state index contributed by atoms with van der Waals surface area (Å²) in [6.07, 6.45) is 0. The third-order valence-corrected chi connectivity index (χ3v) is 16.1. The standard InChI is InChI=1S/C16H15NO.C15H23NSi.C9H8BCl2N.C2H6/c1-17-15-6-4-3-5-13(15)11-16(17)12-7-9-14(18-2)10-8-12;1-5-17(6-2,7-3)15-12-13-10-8-9-11-14(13)16(15)4;1-13-8-5-3-2-4-7(8)6-9(13)10(11)12;1-2/h3-11H,1-2H3;8-12H,5-7H2,1-4H3;2-6H,1H3;1-2H3. The highest BCUT2D eigenvalue weighted by Crippen LogP contribution is 2.28. The average molecular weight is 725 g/mol. The highest BCUT2D eigenvalue weighted by Gasteiger charge is 2.32. The molecule has 3 aromatic heterocycles. The van der Waals surface area contributed by atoms with E-state index in [1.165, 1.54) is 56.6 Å². The van der Waals surface area contributed by atoms with Crippen molar-refractivity contribution in [3.05, 3.63) is 115 Å². The summed E-state index contributed by atoms with van der Waals surface area (Å²) in [5, 5.41) is 5.47. The number of halogens is 2. The van der Waals surface area contributed by atoms with E-state index in [9.17, 15) is 0 Å². The van der Waals surface area contributed by atoms with Gasteiger partial charge < -0.3 is 18.4 Å². The van der Waals surface area contributed by atoms with Crippen LogP contribution in [-0.2, 0) is 21.1 Å². The Kier molecular flexibility index (Phi) is 13.9. The quantitative estimate of drug-likeness (QED) is 0.150.